The highest BCUT2D eigenvalue weighted by Gasteiger charge is 2.11. The van der Waals surface area contributed by atoms with Crippen LogP contribution in [0.3, 0.4) is 0 Å². The van der Waals surface area contributed by atoms with Gasteiger partial charge in [0.1, 0.15) is 0 Å². The van der Waals surface area contributed by atoms with E-state index in [1.165, 1.54) is 5.56 Å². The number of hydrazine groups is 1. The highest BCUT2D eigenvalue weighted by molar-refractivity contribution is 5.32. The minimum atomic E-state index is 0.0166. The fraction of sp³-hybridized carbons (Fsp3) is 0.154. The van der Waals surface area contributed by atoms with Gasteiger partial charge >= 0.3 is 0 Å². The Kier molecular flexibility index (Phi) is 3.29. The van der Waals surface area contributed by atoms with Crippen LogP contribution in [-0.4, -0.2) is 4.98 Å². The van der Waals surface area contributed by atoms with Gasteiger partial charge in [0.05, 0.1) is 6.04 Å². The van der Waals surface area contributed by atoms with Crippen LogP contribution in [-0.2, 0) is 0 Å². The molecule has 0 amide bonds. The number of aryl methyl sites for hydroxylation is 1. The number of hydrogen-bond donors (Lipinski definition) is 2. The lowest BCUT2D eigenvalue weighted by Gasteiger charge is -2.16. The van der Waals surface area contributed by atoms with Gasteiger partial charge in [-0.15, -0.1) is 0 Å². The maximum Gasteiger partial charge on any atom is 0.0711 e. The minimum absolute atomic E-state index is 0.0166. The second-order valence-corrected chi connectivity index (χ2v) is 3.79. The lowest BCUT2D eigenvalue weighted by Crippen LogP contribution is -2.28. The third-order valence-corrected chi connectivity index (χ3v) is 2.58. The van der Waals surface area contributed by atoms with Gasteiger partial charge in [-0.25, -0.2) is 5.43 Å². The Hall–Kier alpha value is -1.71. The molecule has 16 heavy (non-hydrogen) atoms. The minimum Gasteiger partial charge on any atom is -0.271 e. The zero-order valence-electron chi connectivity index (χ0n) is 9.22. The summed E-state index contributed by atoms with van der Waals surface area (Å²) in [5.41, 5.74) is 6.34. The fourth-order valence-corrected chi connectivity index (χ4v) is 1.79. The van der Waals surface area contributed by atoms with Crippen molar-refractivity contribution in [2.75, 3.05) is 0 Å². The predicted molar refractivity (Wildman–Crippen MR) is 64.6 cm³/mol. The van der Waals surface area contributed by atoms with Crippen LogP contribution in [0, 0.1) is 6.92 Å². The molecule has 0 radical (unpaired) electrons. The van der Waals surface area contributed by atoms with Crippen molar-refractivity contribution in [1.29, 1.82) is 0 Å². The van der Waals surface area contributed by atoms with E-state index < -0.39 is 0 Å². The van der Waals surface area contributed by atoms with Crippen molar-refractivity contribution < 1.29 is 0 Å². The molecule has 1 aromatic carbocycles. The Morgan fingerprint density at radius 2 is 1.88 bits per heavy atom. The van der Waals surface area contributed by atoms with E-state index in [0.29, 0.717) is 0 Å². The van der Waals surface area contributed by atoms with E-state index in [-0.39, 0.29) is 6.04 Å². The SMILES string of the molecule is Cc1cccc(C(NN)c2ccncc2)c1. The van der Waals surface area contributed by atoms with Gasteiger partial charge in [-0.1, -0.05) is 29.8 Å². The van der Waals surface area contributed by atoms with Crippen LogP contribution in [0.2, 0.25) is 0 Å². The quantitative estimate of drug-likeness (QED) is 0.605. The van der Waals surface area contributed by atoms with Crippen LogP contribution in [0.15, 0.2) is 48.8 Å². The normalized spacial score (nSPS) is 12.4. The molecule has 0 bridgehead atoms. The highest BCUT2D eigenvalue weighted by Crippen LogP contribution is 2.21. The van der Waals surface area contributed by atoms with Crippen molar-refractivity contribution in [3.63, 3.8) is 0 Å². The smallest absolute Gasteiger partial charge is 0.0711 e. The Balaban J connectivity index is 2.37. The average Bonchev–Trinajstić information content (AvgIpc) is 2.31. The van der Waals surface area contributed by atoms with E-state index in [4.69, 9.17) is 5.84 Å². The molecule has 1 unspecified atom stereocenters. The Labute approximate surface area is 95.3 Å². The first-order valence-corrected chi connectivity index (χ1v) is 5.24. The van der Waals surface area contributed by atoms with Gasteiger partial charge in [0, 0.05) is 12.4 Å². The molecule has 0 aliphatic rings. The van der Waals surface area contributed by atoms with Crippen molar-refractivity contribution in [3.8, 4) is 0 Å². The first-order chi connectivity index (χ1) is 7.81. The molecule has 2 rings (SSSR count). The molecule has 0 spiro atoms. The molecule has 0 saturated heterocycles. The Bertz CT molecular complexity index is 454. The van der Waals surface area contributed by atoms with E-state index in [1.54, 1.807) is 12.4 Å². The van der Waals surface area contributed by atoms with Crippen molar-refractivity contribution in [3.05, 3.63) is 65.5 Å². The summed E-state index contributed by atoms with van der Waals surface area (Å²) in [6.45, 7) is 2.07. The first-order valence-electron chi connectivity index (χ1n) is 5.24. The average molecular weight is 213 g/mol. The monoisotopic (exact) mass is 213 g/mol. The number of rotatable bonds is 3. The van der Waals surface area contributed by atoms with Gasteiger partial charge < -0.3 is 0 Å². The lowest BCUT2D eigenvalue weighted by molar-refractivity contribution is 0.636. The topological polar surface area (TPSA) is 50.9 Å². The van der Waals surface area contributed by atoms with E-state index in [2.05, 4.69) is 35.5 Å². The van der Waals surface area contributed by atoms with Gasteiger partial charge in [-0.2, -0.15) is 0 Å². The molecule has 1 heterocycles. The lowest BCUT2D eigenvalue weighted by atomic mass is 9.99. The van der Waals surface area contributed by atoms with Crippen molar-refractivity contribution in [2.24, 2.45) is 5.84 Å². The molecule has 3 heteroatoms. The standard InChI is InChI=1S/C13H15N3/c1-10-3-2-4-12(9-10)13(16-14)11-5-7-15-8-6-11/h2-9,13,16H,14H2,1H3. The first kappa shape index (κ1) is 10.8. The van der Waals surface area contributed by atoms with E-state index in [9.17, 15) is 0 Å². The Morgan fingerprint density at radius 1 is 1.12 bits per heavy atom. The molecule has 1 atom stereocenters. The number of hydrogen-bond acceptors (Lipinski definition) is 3. The molecule has 0 fully saturated rings. The van der Waals surface area contributed by atoms with Crippen LogP contribution in [0.25, 0.3) is 0 Å². The number of pyridine rings is 1. The third-order valence-electron chi connectivity index (χ3n) is 2.58. The molecule has 3 nitrogen and oxygen atoms in total. The van der Waals surface area contributed by atoms with Crippen LogP contribution >= 0.6 is 0 Å². The molecular weight excluding hydrogens is 198 g/mol. The summed E-state index contributed by atoms with van der Waals surface area (Å²) in [4.78, 5) is 4.00. The molecule has 0 saturated carbocycles. The number of aromatic nitrogens is 1. The summed E-state index contributed by atoms with van der Waals surface area (Å²) < 4.78 is 0. The second kappa shape index (κ2) is 4.88. The number of benzene rings is 1. The maximum atomic E-state index is 5.62. The molecular formula is C13H15N3. The van der Waals surface area contributed by atoms with Gasteiger partial charge in [0.15, 0.2) is 0 Å². The van der Waals surface area contributed by atoms with Gasteiger partial charge in [-0.3, -0.25) is 10.8 Å². The summed E-state index contributed by atoms with van der Waals surface area (Å²) in [6.07, 6.45) is 3.55. The maximum absolute atomic E-state index is 5.62. The highest BCUT2D eigenvalue weighted by atomic mass is 15.2. The van der Waals surface area contributed by atoms with Crippen LogP contribution in [0.5, 0.6) is 0 Å². The van der Waals surface area contributed by atoms with E-state index >= 15 is 0 Å². The van der Waals surface area contributed by atoms with Crippen LogP contribution in [0.4, 0.5) is 0 Å². The molecule has 0 aliphatic carbocycles. The second-order valence-electron chi connectivity index (χ2n) is 3.79. The summed E-state index contributed by atoms with van der Waals surface area (Å²) in [5, 5.41) is 0. The van der Waals surface area contributed by atoms with E-state index in [1.807, 2.05) is 18.2 Å². The molecule has 1 aromatic heterocycles. The van der Waals surface area contributed by atoms with E-state index in [0.717, 1.165) is 11.1 Å². The van der Waals surface area contributed by atoms with Crippen molar-refractivity contribution in [2.45, 2.75) is 13.0 Å². The summed E-state index contributed by atoms with van der Waals surface area (Å²) >= 11 is 0. The number of nitrogens with one attached hydrogen (secondary N) is 1. The zero-order valence-corrected chi connectivity index (χ0v) is 9.22. The number of nitrogens with two attached hydrogens (primary N) is 1. The molecule has 82 valence electrons. The van der Waals surface area contributed by atoms with Crippen molar-refractivity contribution in [1.82, 2.24) is 10.4 Å². The van der Waals surface area contributed by atoms with Crippen LogP contribution < -0.4 is 11.3 Å². The van der Waals surface area contributed by atoms with Crippen molar-refractivity contribution >= 4 is 0 Å². The van der Waals surface area contributed by atoms with Gasteiger partial charge in [-0.05, 0) is 30.2 Å². The number of nitrogens with zero attached hydrogens (tertiary/aromatic N) is 1. The Morgan fingerprint density at radius 3 is 2.50 bits per heavy atom. The summed E-state index contributed by atoms with van der Waals surface area (Å²) in [5.74, 6) is 5.62. The molecule has 3 N–H and O–H groups in total. The van der Waals surface area contributed by atoms with Crippen LogP contribution in [0.1, 0.15) is 22.7 Å². The van der Waals surface area contributed by atoms with Gasteiger partial charge in [0.25, 0.3) is 0 Å². The van der Waals surface area contributed by atoms with Gasteiger partial charge in [0.2, 0.25) is 0 Å². The third kappa shape index (κ3) is 2.27. The fourth-order valence-electron chi connectivity index (χ4n) is 1.79. The zero-order chi connectivity index (χ0) is 11.4. The summed E-state index contributed by atoms with van der Waals surface area (Å²) in [6, 6.07) is 12.3. The largest absolute Gasteiger partial charge is 0.271 e. The predicted octanol–water partition coefficient (Wildman–Crippen LogP) is 1.94. The molecule has 0 aliphatic heterocycles. The summed E-state index contributed by atoms with van der Waals surface area (Å²) in [7, 11) is 0. The molecule has 2 aromatic rings.